The highest BCUT2D eigenvalue weighted by atomic mass is 16.2. The first kappa shape index (κ1) is 23.3. The molecule has 1 unspecified atom stereocenters. The molecule has 1 aromatic heterocycles. The third-order valence-corrected chi connectivity index (χ3v) is 6.54. The third kappa shape index (κ3) is 5.13. The average Bonchev–Trinajstić information content (AvgIpc) is 3.37. The van der Waals surface area contributed by atoms with Crippen molar-refractivity contribution < 1.29 is 4.79 Å². The number of nitrogens with one attached hydrogen (secondary N) is 1. The molecule has 5 rings (SSSR count). The topological polar surface area (TPSA) is 46.9 Å². The number of carbonyl (C=O) groups excluding carboxylic acids is 1. The summed E-state index contributed by atoms with van der Waals surface area (Å²) in [6.07, 6.45) is 0.695. The fourth-order valence-corrected chi connectivity index (χ4v) is 4.37. The fourth-order valence-electron chi connectivity index (χ4n) is 4.37. The minimum atomic E-state index is -0.176. The van der Waals surface area contributed by atoms with E-state index >= 15 is 0 Å². The summed E-state index contributed by atoms with van der Waals surface area (Å²) in [5.74, 6) is -0.161. The van der Waals surface area contributed by atoms with Crippen LogP contribution in [0.3, 0.4) is 0 Å². The number of hydrogen-bond donors (Lipinski definition) is 1. The van der Waals surface area contributed by atoms with Crippen LogP contribution in [0.4, 0.5) is 0 Å². The van der Waals surface area contributed by atoms with Crippen LogP contribution in [-0.2, 0) is 6.42 Å². The van der Waals surface area contributed by atoms with Gasteiger partial charge in [0.15, 0.2) is 0 Å². The smallest absolute Gasteiger partial charge is 0.270 e. The summed E-state index contributed by atoms with van der Waals surface area (Å²) in [5.41, 5.74) is 7.76. The Kier molecular flexibility index (Phi) is 6.76. The van der Waals surface area contributed by atoms with Gasteiger partial charge in [-0.15, -0.1) is 0 Å². The highest BCUT2D eigenvalue weighted by Crippen LogP contribution is 2.25. The molecule has 36 heavy (non-hydrogen) atoms. The zero-order valence-electron chi connectivity index (χ0n) is 20.6. The minimum Gasteiger partial charge on any atom is -0.344 e. The SMILES string of the molecule is Cc1ccc(-c2cc(C(=O)NC(Cc3ccccc3)c3ccccc3)n(-c3ccccc3)n2)cc1C. The van der Waals surface area contributed by atoms with Crippen LogP contribution in [0, 0.1) is 13.8 Å². The maximum Gasteiger partial charge on any atom is 0.270 e. The van der Waals surface area contributed by atoms with Crippen molar-refractivity contribution in [2.45, 2.75) is 26.3 Å². The number of hydrogen-bond acceptors (Lipinski definition) is 2. The summed E-state index contributed by atoms with van der Waals surface area (Å²) >= 11 is 0. The van der Waals surface area contributed by atoms with E-state index in [2.05, 4.69) is 61.6 Å². The van der Waals surface area contributed by atoms with Gasteiger partial charge in [-0.2, -0.15) is 5.10 Å². The van der Waals surface area contributed by atoms with E-state index in [1.165, 1.54) is 16.7 Å². The second-order valence-corrected chi connectivity index (χ2v) is 9.09. The van der Waals surface area contributed by atoms with Crippen LogP contribution in [0.2, 0.25) is 0 Å². The minimum absolute atomic E-state index is 0.161. The average molecular weight is 472 g/mol. The van der Waals surface area contributed by atoms with Gasteiger partial charge in [0.2, 0.25) is 0 Å². The third-order valence-electron chi connectivity index (χ3n) is 6.54. The normalized spacial score (nSPS) is 11.7. The maximum atomic E-state index is 13.8. The largest absolute Gasteiger partial charge is 0.344 e. The lowest BCUT2D eigenvalue weighted by molar-refractivity contribution is 0.0928. The number of carbonyl (C=O) groups is 1. The van der Waals surface area contributed by atoms with Crippen molar-refractivity contribution in [3.05, 3.63) is 143 Å². The molecule has 1 N–H and O–H groups in total. The molecule has 0 spiro atoms. The van der Waals surface area contributed by atoms with Gasteiger partial charge < -0.3 is 5.32 Å². The highest BCUT2D eigenvalue weighted by Gasteiger charge is 2.22. The van der Waals surface area contributed by atoms with Crippen LogP contribution < -0.4 is 5.32 Å². The molecule has 1 atom stereocenters. The monoisotopic (exact) mass is 471 g/mol. The molecule has 4 nitrogen and oxygen atoms in total. The lowest BCUT2D eigenvalue weighted by Gasteiger charge is -2.20. The second kappa shape index (κ2) is 10.4. The van der Waals surface area contributed by atoms with Crippen LogP contribution in [-0.4, -0.2) is 15.7 Å². The fraction of sp³-hybridized carbons (Fsp3) is 0.125. The molecule has 0 aliphatic heterocycles. The van der Waals surface area contributed by atoms with Gasteiger partial charge in [0, 0.05) is 5.56 Å². The first-order valence-electron chi connectivity index (χ1n) is 12.2. The summed E-state index contributed by atoms with van der Waals surface area (Å²) in [4.78, 5) is 13.8. The summed E-state index contributed by atoms with van der Waals surface area (Å²) in [5, 5.41) is 8.16. The molecule has 1 amide bonds. The first-order valence-corrected chi connectivity index (χ1v) is 12.2. The maximum absolute atomic E-state index is 13.8. The van der Waals surface area contributed by atoms with Crippen LogP contribution in [0.15, 0.2) is 115 Å². The molecule has 0 saturated carbocycles. The molecule has 5 aromatic rings. The van der Waals surface area contributed by atoms with E-state index in [4.69, 9.17) is 5.10 Å². The van der Waals surface area contributed by atoms with E-state index in [-0.39, 0.29) is 11.9 Å². The lowest BCUT2D eigenvalue weighted by Crippen LogP contribution is -2.31. The van der Waals surface area contributed by atoms with E-state index in [0.29, 0.717) is 12.1 Å². The standard InChI is InChI=1S/C32H29N3O/c1-23-18-19-27(20-24(23)2)30-22-31(35(34-30)28-16-10-5-11-17-28)32(36)33-29(26-14-8-4-9-15-26)21-25-12-6-3-7-13-25/h3-20,22,29H,21H2,1-2H3,(H,33,36). The van der Waals surface area contributed by atoms with Crippen molar-refractivity contribution in [1.82, 2.24) is 15.1 Å². The van der Waals surface area contributed by atoms with Gasteiger partial charge >= 0.3 is 0 Å². The second-order valence-electron chi connectivity index (χ2n) is 9.09. The molecule has 178 valence electrons. The van der Waals surface area contributed by atoms with Crippen molar-refractivity contribution in [3.63, 3.8) is 0 Å². The van der Waals surface area contributed by atoms with Crippen LogP contribution in [0.5, 0.6) is 0 Å². The van der Waals surface area contributed by atoms with Gasteiger partial charge in [-0.1, -0.05) is 91.0 Å². The molecule has 0 aliphatic carbocycles. The molecule has 4 heteroatoms. The number of para-hydroxylation sites is 1. The van der Waals surface area contributed by atoms with Gasteiger partial charge in [0.1, 0.15) is 5.69 Å². The molecule has 4 aromatic carbocycles. The predicted molar refractivity (Wildman–Crippen MR) is 145 cm³/mol. The lowest BCUT2D eigenvalue weighted by atomic mass is 9.98. The molecule has 0 radical (unpaired) electrons. The van der Waals surface area contributed by atoms with Crippen molar-refractivity contribution >= 4 is 5.91 Å². The molecule has 0 saturated heterocycles. The number of rotatable bonds is 7. The van der Waals surface area contributed by atoms with Crippen molar-refractivity contribution in [2.75, 3.05) is 0 Å². The molecule has 1 heterocycles. The number of aryl methyl sites for hydroxylation is 2. The van der Waals surface area contributed by atoms with Gasteiger partial charge in [0.05, 0.1) is 17.4 Å². The zero-order valence-corrected chi connectivity index (χ0v) is 20.6. The van der Waals surface area contributed by atoms with E-state index in [1.807, 2.05) is 72.8 Å². The molecule has 0 bridgehead atoms. The van der Waals surface area contributed by atoms with E-state index in [0.717, 1.165) is 22.5 Å². The Bertz CT molecular complexity index is 1460. The summed E-state index contributed by atoms with van der Waals surface area (Å²) < 4.78 is 1.74. The van der Waals surface area contributed by atoms with Crippen LogP contribution in [0.1, 0.15) is 38.8 Å². The van der Waals surface area contributed by atoms with Gasteiger partial charge in [-0.3, -0.25) is 4.79 Å². The Balaban J connectivity index is 1.53. The number of benzene rings is 4. The van der Waals surface area contributed by atoms with Gasteiger partial charge in [-0.05, 0) is 66.8 Å². The van der Waals surface area contributed by atoms with Crippen LogP contribution >= 0.6 is 0 Å². The van der Waals surface area contributed by atoms with E-state index in [9.17, 15) is 4.79 Å². The Morgan fingerprint density at radius 1 is 0.778 bits per heavy atom. The number of amides is 1. The summed E-state index contributed by atoms with van der Waals surface area (Å²) in [7, 11) is 0. The van der Waals surface area contributed by atoms with Crippen LogP contribution in [0.25, 0.3) is 16.9 Å². The highest BCUT2D eigenvalue weighted by molar-refractivity contribution is 5.94. The van der Waals surface area contributed by atoms with Crippen molar-refractivity contribution in [2.24, 2.45) is 0 Å². The molecular formula is C32H29N3O. The predicted octanol–water partition coefficient (Wildman–Crippen LogP) is 6.87. The molecular weight excluding hydrogens is 442 g/mol. The number of nitrogens with zero attached hydrogens (tertiary/aromatic N) is 2. The van der Waals surface area contributed by atoms with E-state index in [1.54, 1.807) is 4.68 Å². The quantitative estimate of drug-likeness (QED) is 0.282. The van der Waals surface area contributed by atoms with E-state index < -0.39 is 0 Å². The van der Waals surface area contributed by atoms with Crippen molar-refractivity contribution in [1.29, 1.82) is 0 Å². The summed E-state index contributed by atoms with van der Waals surface area (Å²) in [6, 6.07) is 38.1. The Labute approximate surface area is 212 Å². The van der Waals surface area contributed by atoms with Crippen molar-refractivity contribution in [3.8, 4) is 16.9 Å². The first-order chi connectivity index (χ1) is 17.6. The Morgan fingerprint density at radius 3 is 2.08 bits per heavy atom. The van der Waals surface area contributed by atoms with Gasteiger partial charge in [0.25, 0.3) is 5.91 Å². The zero-order chi connectivity index (χ0) is 24.9. The Morgan fingerprint density at radius 2 is 1.42 bits per heavy atom. The Hall–Kier alpha value is -4.44. The molecule has 0 fully saturated rings. The molecule has 0 aliphatic rings. The summed E-state index contributed by atoms with van der Waals surface area (Å²) in [6.45, 7) is 4.19. The van der Waals surface area contributed by atoms with Gasteiger partial charge in [-0.25, -0.2) is 4.68 Å². The number of aromatic nitrogens is 2.